The van der Waals surface area contributed by atoms with Gasteiger partial charge in [-0.1, -0.05) is 13.8 Å². The lowest BCUT2D eigenvalue weighted by Crippen LogP contribution is -2.42. The number of oxazole rings is 1. The summed E-state index contributed by atoms with van der Waals surface area (Å²) in [6, 6.07) is 0. The molecule has 1 aromatic rings. The summed E-state index contributed by atoms with van der Waals surface area (Å²) >= 11 is 0. The van der Waals surface area contributed by atoms with Crippen LogP contribution >= 0.6 is 0 Å². The van der Waals surface area contributed by atoms with Gasteiger partial charge in [0.15, 0.2) is 12.1 Å². The molecule has 1 amide bonds. The molecular formula is C15H22N2O4. The topological polar surface area (TPSA) is 72.6 Å². The summed E-state index contributed by atoms with van der Waals surface area (Å²) in [5.74, 6) is 0.200. The second kappa shape index (κ2) is 5.87. The average Bonchev–Trinajstić information content (AvgIpc) is 3.05. The SMILES string of the molecule is CCOC(=O)[C@@]1(C(C)C)CCN(C(=O)c2ncoc2C)C1. The maximum atomic E-state index is 12.5. The predicted octanol–water partition coefficient (Wildman–Crippen LogP) is 2.03. The number of esters is 1. The highest BCUT2D eigenvalue weighted by Gasteiger charge is 2.49. The molecule has 6 nitrogen and oxygen atoms in total. The number of likely N-dealkylation sites (tertiary alicyclic amines) is 1. The van der Waals surface area contributed by atoms with Crippen molar-refractivity contribution in [1.82, 2.24) is 9.88 Å². The summed E-state index contributed by atoms with van der Waals surface area (Å²) in [5.41, 5.74) is -0.304. The molecule has 1 fully saturated rings. The van der Waals surface area contributed by atoms with Crippen molar-refractivity contribution in [3.8, 4) is 0 Å². The molecule has 1 aliphatic rings. The Balaban J connectivity index is 2.19. The van der Waals surface area contributed by atoms with Gasteiger partial charge >= 0.3 is 5.97 Å². The van der Waals surface area contributed by atoms with Crippen LogP contribution in [0.2, 0.25) is 0 Å². The summed E-state index contributed by atoms with van der Waals surface area (Å²) in [6.07, 6.45) is 1.88. The highest BCUT2D eigenvalue weighted by molar-refractivity contribution is 5.94. The second-order valence-corrected chi connectivity index (χ2v) is 5.77. The highest BCUT2D eigenvalue weighted by Crippen LogP contribution is 2.39. The van der Waals surface area contributed by atoms with E-state index in [1.807, 2.05) is 13.8 Å². The number of hydrogen-bond acceptors (Lipinski definition) is 5. The van der Waals surface area contributed by atoms with Crippen LogP contribution in [0.3, 0.4) is 0 Å². The molecule has 1 aliphatic heterocycles. The van der Waals surface area contributed by atoms with Gasteiger partial charge in [-0.05, 0) is 26.2 Å². The van der Waals surface area contributed by atoms with Gasteiger partial charge in [0.25, 0.3) is 5.91 Å². The van der Waals surface area contributed by atoms with Crippen LogP contribution in [0.1, 0.15) is 43.4 Å². The van der Waals surface area contributed by atoms with Crippen LogP contribution in [-0.2, 0) is 9.53 Å². The zero-order valence-electron chi connectivity index (χ0n) is 13.0. The van der Waals surface area contributed by atoms with E-state index in [0.717, 1.165) is 0 Å². The molecule has 116 valence electrons. The molecule has 6 heteroatoms. The summed E-state index contributed by atoms with van der Waals surface area (Å²) < 4.78 is 10.3. The van der Waals surface area contributed by atoms with Crippen LogP contribution in [0.4, 0.5) is 0 Å². The molecule has 0 aliphatic carbocycles. The third kappa shape index (κ3) is 2.66. The van der Waals surface area contributed by atoms with Gasteiger partial charge in [0.1, 0.15) is 5.76 Å². The van der Waals surface area contributed by atoms with Gasteiger partial charge in [-0.15, -0.1) is 0 Å². The molecule has 2 rings (SSSR count). The lowest BCUT2D eigenvalue weighted by atomic mass is 9.76. The Hall–Kier alpha value is -1.85. The summed E-state index contributed by atoms with van der Waals surface area (Å²) in [4.78, 5) is 30.4. The van der Waals surface area contributed by atoms with E-state index < -0.39 is 5.41 Å². The van der Waals surface area contributed by atoms with Crippen LogP contribution in [0, 0.1) is 18.3 Å². The van der Waals surface area contributed by atoms with Crippen LogP contribution in [-0.4, -0.2) is 41.5 Å². The third-order valence-electron chi connectivity index (χ3n) is 4.32. The van der Waals surface area contributed by atoms with Crippen molar-refractivity contribution in [3.63, 3.8) is 0 Å². The smallest absolute Gasteiger partial charge is 0.314 e. The van der Waals surface area contributed by atoms with Gasteiger partial charge in [0.05, 0.1) is 12.0 Å². The molecule has 0 spiro atoms. The Morgan fingerprint density at radius 1 is 1.52 bits per heavy atom. The Morgan fingerprint density at radius 2 is 2.24 bits per heavy atom. The number of amides is 1. The molecule has 21 heavy (non-hydrogen) atoms. The standard InChI is InChI=1S/C15H22N2O4/c1-5-20-14(19)15(10(2)3)6-7-17(8-15)13(18)12-11(4)21-9-16-12/h9-10H,5-8H2,1-4H3/t15-/m0/s1. The van der Waals surface area contributed by atoms with Crippen LogP contribution < -0.4 is 0 Å². The normalized spacial score (nSPS) is 21.9. The minimum Gasteiger partial charge on any atom is -0.466 e. The number of hydrogen-bond donors (Lipinski definition) is 0. The van der Waals surface area contributed by atoms with Crippen LogP contribution in [0.25, 0.3) is 0 Å². The maximum Gasteiger partial charge on any atom is 0.314 e. The number of carbonyl (C=O) groups excluding carboxylic acids is 2. The van der Waals surface area contributed by atoms with Crippen molar-refractivity contribution in [2.24, 2.45) is 11.3 Å². The number of rotatable bonds is 4. The number of carbonyl (C=O) groups is 2. The number of nitrogens with zero attached hydrogens (tertiary/aromatic N) is 2. The van der Waals surface area contributed by atoms with Gasteiger partial charge in [0.2, 0.25) is 0 Å². The van der Waals surface area contributed by atoms with E-state index in [9.17, 15) is 9.59 Å². The first-order valence-corrected chi connectivity index (χ1v) is 7.29. The zero-order chi connectivity index (χ0) is 15.6. The lowest BCUT2D eigenvalue weighted by molar-refractivity contribution is -0.157. The maximum absolute atomic E-state index is 12.5. The minimum absolute atomic E-state index is 0.104. The highest BCUT2D eigenvalue weighted by atomic mass is 16.5. The summed E-state index contributed by atoms with van der Waals surface area (Å²) in [7, 11) is 0. The van der Waals surface area contributed by atoms with Crippen LogP contribution in [0.15, 0.2) is 10.8 Å². The molecule has 2 heterocycles. The van der Waals surface area contributed by atoms with E-state index in [1.54, 1.807) is 18.7 Å². The van der Waals surface area contributed by atoms with Crippen molar-refractivity contribution in [2.75, 3.05) is 19.7 Å². The molecule has 0 radical (unpaired) electrons. The lowest BCUT2D eigenvalue weighted by Gasteiger charge is -2.30. The molecule has 1 aromatic heterocycles. The Labute approximate surface area is 124 Å². The first-order valence-electron chi connectivity index (χ1n) is 7.29. The van der Waals surface area contributed by atoms with Crippen molar-refractivity contribution in [1.29, 1.82) is 0 Å². The van der Waals surface area contributed by atoms with Crippen LogP contribution in [0.5, 0.6) is 0 Å². The van der Waals surface area contributed by atoms with Crippen molar-refractivity contribution < 1.29 is 18.7 Å². The molecule has 0 saturated carbocycles. The predicted molar refractivity (Wildman–Crippen MR) is 75.7 cm³/mol. The zero-order valence-corrected chi connectivity index (χ0v) is 13.0. The Morgan fingerprint density at radius 3 is 2.76 bits per heavy atom. The number of ether oxygens (including phenoxy) is 1. The monoisotopic (exact) mass is 294 g/mol. The van der Waals surface area contributed by atoms with E-state index in [1.165, 1.54) is 6.39 Å². The fourth-order valence-electron chi connectivity index (χ4n) is 2.82. The quantitative estimate of drug-likeness (QED) is 0.794. The molecular weight excluding hydrogens is 272 g/mol. The fraction of sp³-hybridized carbons (Fsp3) is 0.667. The molecule has 0 bridgehead atoms. The van der Waals surface area contributed by atoms with Gasteiger partial charge in [-0.25, -0.2) is 4.98 Å². The van der Waals surface area contributed by atoms with Crippen molar-refractivity contribution >= 4 is 11.9 Å². The van der Waals surface area contributed by atoms with E-state index in [4.69, 9.17) is 9.15 Å². The van der Waals surface area contributed by atoms with Gasteiger partial charge in [0, 0.05) is 13.1 Å². The van der Waals surface area contributed by atoms with E-state index in [-0.39, 0.29) is 17.8 Å². The van der Waals surface area contributed by atoms with Crippen molar-refractivity contribution in [3.05, 3.63) is 17.8 Å². The fourth-order valence-corrected chi connectivity index (χ4v) is 2.82. The first-order chi connectivity index (χ1) is 9.92. The van der Waals surface area contributed by atoms with E-state index in [2.05, 4.69) is 4.98 Å². The average molecular weight is 294 g/mol. The second-order valence-electron chi connectivity index (χ2n) is 5.77. The van der Waals surface area contributed by atoms with Gasteiger partial charge in [-0.3, -0.25) is 9.59 Å². The van der Waals surface area contributed by atoms with E-state index in [0.29, 0.717) is 37.6 Å². The molecule has 0 aromatic carbocycles. The molecule has 0 unspecified atom stereocenters. The number of aryl methyl sites for hydroxylation is 1. The summed E-state index contributed by atoms with van der Waals surface area (Å²) in [5, 5.41) is 0. The Bertz CT molecular complexity index is 538. The van der Waals surface area contributed by atoms with E-state index >= 15 is 0 Å². The minimum atomic E-state index is -0.622. The van der Waals surface area contributed by atoms with Crippen molar-refractivity contribution in [2.45, 2.75) is 34.1 Å². The molecule has 0 N–H and O–H groups in total. The number of aromatic nitrogens is 1. The molecule has 1 saturated heterocycles. The Kier molecular flexibility index (Phi) is 4.34. The summed E-state index contributed by atoms with van der Waals surface area (Å²) in [6.45, 7) is 8.73. The molecule has 1 atom stereocenters. The van der Waals surface area contributed by atoms with Gasteiger partial charge < -0.3 is 14.1 Å². The largest absolute Gasteiger partial charge is 0.466 e. The third-order valence-corrected chi connectivity index (χ3v) is 4.32. The van der Waals surface area contributed by atoms with Gasteiger partial charge in [-0.2, -0.15) is 0 Å². The first kappa shape index (κ1) is 15.5.